The highest BCUT2D eigenvalue weighted by molar-refractivity contribution is 6.32. The molecule has 1 saturated heterocycles. The molecule has 0 aliphatic carbocycles. The molecule has 12 heteroatoms. The molecular formula is C23H26ClF2N7O2. The monoisotopic (exact) mass is 505 g/mol. The minimum Gasteiger partial charge on any atom is -0.433 e. The van der Waals surface area contributed by atoms with Crippen molar-refractivity contribution in [3.8, 4) is 17.1 Å². The summed E-state index contributed by atoms with van der Waals surface area (Å²) >= 11 is 6.29. The first kappa shape index (κ1) is 24.8. The summed E-state index contributed by atoms with van der Waals surface area (Å²) in [6.07, 6.45) is 3.22. The van der Waals surface area contributed by atoms with Crippen molar-refractivity contribution in [2.45, 2.75) is 26.5 Å². The summed E-state index contributed by atoms with van der Waals surface area (Å²) in [5, 5.41) is 7.66. The van der Waals surface area contributed by atoms with E-state index in [0.29, 0.717) is 29.5 Å². The van der Waals surface area contributed by atoms with E-state index in [1.54, 1.807) is 21.7 Å². The average molecular weight is 506 g/mol. The van der Waals surface area contributed by atoms with Crippen molar-refractivity contribution < 1.29 is 18.3 Å². The summed E-state index contributed by atoms with van der Waals surface area (Å²) in [6, 6.07) is 6.29. The number of amides is 1. The summed E-state index contributed by atoms with van der Waals surface area (Å²) in [5.41, 5.74) is 1.38. The molecule has 1 aliphatic rings. The van der Waals surface area contributed by atoms with Crippen LogP contribution in [0.5, 0.6) is 5.75 Å². The maximum absolute atomic E-state index is 13.2. The Bertz CT molecular complexity index is 1200. The van der Waals surface area contributed by atoms with Crippen molar-refractivity contribution in [3.05, 3.63) is 47.2 Å². The number of likely N-dealkylation sites (N-methyl/N-ethyl adjacent to an activating group) is 1. The van der Waals surface area contributed by atoms with Crippen LogP contribution in [0.15, 0.2) is 36.7 Å². The fourth-order valence-electron chi connectivity index (χ4n) is 3.62. The number of carbonyl (C=O) groups is 1. The first-order valence-electron chi connectivity index (χ1n) is 11.1. The quantitative estimate of drug-likeness (QED) is 0.512. The van der Waals surface area contributed by atoms with E-state index < -0.39 is 6.61 Å². The van der Waals surface area contributed by atoms with Crippen LogP contribution in [0, 0.1) is 0 Å². The van der Waals surface area contributed by atoms with Gasteiger partial charge in [-0.25, -0.2) is 9.97 Å². The van der Waals surface area contributed by atoms with Gasteiger partial charge in [-0.2, -0.15) is 13.9 Å². The molecule has 0 radical (unpaired) electrons. The van der Waals surface area contributed by atoms with Crippen LogP contribution in [0.25, 0.3) is 11.4 Å². The lowest BCUT2D eigenvalue weighted by molar-refractivity contribution is -0.0494. The SMILES string of the molecule is CC(C)n1ccc(-c2nc(Nc3ccc(C(=O)N4CCN(C)CC4)cc3OC(F)F)ncc2Cl)n1. The number of ether oxygens (including phenoxy) is 1. The van der Waals surface area contributed by atoms with E-state index in [9.17, 15) is 13.6 Å². The maximum atomic E-state index is 13.2. The number of benzene rings is 1. The van der Waals surface area contributed by atoms with Gasteiger partial charge in [-0.05, 0) is 45.2 Å². The van der Waals surface area contributed by atoms with E-state index in [4.69, 9.17) is 16.3 Å². The number of hydrogen-bond acceptors (Lipinski definition) is 7. The molecule has 1 fully saturated rings. The highest BCUT2D eigenvalue weighted by atomic mass is 35.5. The minimum absolute atomic E-state index is 0.112. The standard InChI is InChI=1S/C23H26ClF2N7O2/c1-14(2)33-7-6-18(30-33)20-16(24)13-27-23(29-20)28-17-5-4-15(12-19(17)35-22(25)26)21(34)32-10-8-31(3)9-11-32/h4-7,12-14,22H,8-11H2,1-3H3,(H,27,28,29). The molecule has 0 atom stereocenters. The number of alkyl halides is 2. The normalized spacial score (nSPS) is 14.6. The Hall–Kier alpha value is -3.31. The molecule has 1 amide bonds. The van der Waals surface area contributed by atoms with Crippen LogP contribution in [0.2, 0.25) is 5.02 Å². The fraction of sp³-hybridized carbons (Fsp3) is 0.391. The van der Waals surface area contributed by atoms with Gasteiger partial charge in [0.2, 0.25) is 5.95 Å². The van der Waals surface area contributed by atoms with Crippen LogP contribution in [-0.4, -0.2) is 75.3 Å². The Labute approximate surface area is 206 Å². The van der Waals surface area contributed by atoms with E-state index in [2.05, 4.69) is 25.3 Å². The maximum Gasteiger partial charge on any atom is 0.387 e. The zero-order valence-corrected chi connectivity index (χ0v) is 20.3. The third-order valence-corrected chi connectivity index (χ3v) is 5.88. The molecule has 2 aromatic heterocycles. The lowest BCUT2D eigenvalue weighted by Gasteiger charge is -2.32. The van der Waals surface area contributed by atoms with Crippen LogP contribution < -0.4 is 10.1 Å². The van der Waals surface area contributed by atoms with Gasteiger partial charge in [0.05, 0.1) is 16.9 Å². The Kier molecular flexibility index (Phi) is 7.46. The second kappa shape index (κ2) is 10.5. The van der Waals surface area contributed by atoms with Gasteiger partial charge in [0.1, 0.15) is 17.1 Å². The lowest BCUT2D eigenvalue weighted by atomic mass is 10.1. The zero-order valence-electron chi connectivity index (χ0n) is 19.6. The number of nitrogens with zero attached hydrogens (tertiary/aromatic N) is 6. The lowest BCUT2D eigenvalue weighted by Crippen LogP contribution is -2.47. The topological polar surface area (TPSA) is 88.4 Å². The second-order valence-electron chi connectivity index (χ2n) is 8.47. The molecule has 9 nitrogen and oxygen atoms in total. The fourth-order valence-corrected chi connectivity index (χ4v) is 3.81. The number of aromatic nitrogens is 4. The molecule has 4 rings (SSSR count). The molecule has 1 aromatic carbocycles. The number of hydrogen-bond donors (Lipinski definition) is 1. The largest absolute Gasteiger partial charge is 0.433 e. The van der Waals surface area contributed by atoms with Crippen molar-refractivity contribution in [2.75, 3.05) is 38.5 Å². The molecule has 0 unspecified atom stereocenters. The van der Waals surface area contributed by atoms with E-state index in [0.717, 1.165) is 13.1 Å². The van der Waals surface area contributed by atoms with Gasteiger partial charge in [-0.15, -0.1) is 0 Å². The van der Waals surface area contributed by atoms with Crippen molar-refractivity contribution in [1.82, 2.24) is 29.5 Å². The smallest absolute Gasteiger partial charge is 0.387 e. The number of carbonyl (C=O) groups excluding carboxylic acids is 1. The number of piperazine rings is 1. The molecule has 3 aromatic rings. The highest BCUT2D eigenvalue weighted by Crippen LogP contribution is 2.32. The number of anilines is 2. The van der Waals surface area contributed by atoms with Crippen molar-refractivity contribution in [1.29, 1.82) is 0 Å². The van der Waals surface area contributed by atoms with Crippen molar-refractivity contribution >= 4 is 29.1 Å². The summed E-state index contributed by atoms with van der Waals surface area (Å²) < 4.78 is 32.8. The van der Waals surface area contributed by atoms with E-state index in [-0.39, 0.29) is 34.9 Å². The third-order valence-electron chi connectivity index (χ3n) is 5.61. The van der Waals surface area contributed by atoms with E-state index >= 15 is 0 Å². The molecule has 0 bridgehead atoms. The van der Waals surface area contributed by atoms with Gasteiger partial charge >= 0.3 is 6.61 Å². The molecule has 35 heavy (non-hydrogen) atoms. The molecule has 186 valence electrons. The van der Waals surface area contributed by atoms with Gasteiger partial charge in [0.25, 0.3) is 5.91 Å². The zero-order chi connectivity index (χ0) is 25.1. The molecular weight excluding hydrogens is 480 g/mol. The van der Waals surface area contributed by atoms with Crippen LogP contribution in [-0.2, 0) is 0 Å². The summed E-state index contributed by atoms with van der Waals surface area (Å²) in [4.78, 5) is 25.3. The number of halogens is 3. The Morgan fingerprint density at radius 2 is 1.91 bits per heavy atom. The Morgan fingerprint density at radius 1 is 1.17 bits per heavy atom. The first-order chi connectivity index (χ1) is 16.7. The molecule has 3 heterocycles. The van der Waals surface area contributed by atoms with Crippen molar-refractivity contribution in [2.24, 2.45) is 0 Å². The van der Waals surface area contributed by atoms with Crippen molar-refractivity contribution in [3.63, 3.8) is 0 Å². The third kappa shape index (κ3) is 5.85. The highest BCUT2D eigenvalue weighted by Gasteiger charge is 2.22. The summed E-state index contributed by atoms with van der Waals surface area (Å²) in [7, 11) is 1.98. The molecule has 1 aliphatic heterocycles. The molecule has 1 N–H and O–H groups in total. The summed E-state index contributed by atoms with van der Waals surface area (Å²) in [5.74, 6) is -0.320. The minimum atomic E-state index is -3.08. The van der Waals surface area contributed by atoms with Crippen LogP contribution in [0.4, 0.5) is 20.4 Å². The second-order valence-corrected chi connectivity index (χ2v) is 8.88. The predicted molar refractivity (Wildman–Crippen MR) is 128 cm³/mol. The first-order valence-corrected chi connectivity index (χ1v) is 11.5. The van der Waals surface area contributed by atoms with Crippen LogP contribution in [0.3, 0.4) is 0 Å². The van der Waals surface area contributed by atoms with E-state index in [1.807, 2.05) is 27.1 Å². The number of nitrogens with one attached hydrogen (secondary N) is 1. The Morgan fingerprint density at radius 3 is 2.57 bits per heavy atom. The number of rotatable bonds is 7. The summed E-state index contributed by atoms with van der Waals surface area (Å²) in [6.45, 7) is 3.53. The molecule has 0 spiro atoms. The molecule has 0 saturated carbocycles. The van der Waals surface area contributed by atoms with E-state index in [1.165, 1.54) is 18.3 Å². The van der Waals surface area contributed by atoms with Gasteiger partial charge in [-0.3, -0.25) is 9.48 Å². The van der Waals surface area contributed by atoms with Crippen LogP contribution in [0.1, 0.15) is 30.2 Å². The van der Waals surface area contributed by atoms with Gasteiger partial charge < -0.3 is 19.9 Å². The average Bonchev–Trinajstić information content (AvgIpc) is 3.31. The van der Waals surface area contributed by atoms with Gasteiger partial charge in [0.15, 0.2) is 0 Å². The van der Waals surface area contributed by atoms with Gasteiger partial charge in [0, 0.05) is 44.0 Å². The Balaban J connectivity index is 1.60. The van der Waals surface area contributed by atoms with Crippen LogP contribution >= 0.6 is 11.6 Å². The van der Waals surface area contributed by atoms with Gasteiger partial charge in [-0.1, -0.05) is 11.6 Å². The predicted octanol–water partition coefficient (Wildman–Crippen LogP) is 4.31.